The number of hydrogen-bond donors (Lipinski definition) is 2. The summed E-state index contributed by atoms with van der Waals surface area (Å²) in [5.74, 6) is 0.0331. The van der Waals surface area contributed by atoms with E-state index in [-0.39, 0.29) is 30.3 Å². The fraction of sp³-hybridized carbons (Fsp3) is 0.500. The monoisotopic (exact) mass is 392 g/mol. The highest BCUT2D eigenvalue weighted by Gasteiger charge is 2.32. The van der Waals surface area contributed by atoms with E-state index >= 15 is 0 Å². The summed E-state index contributed by atoms with van der Waals surface area (Å²) in [6, 6.07) is 2.91. The molecule has 0 radical (unpaired) electrons. The third-order valence-electron chi connectivity index (χ3n) is 4.15. The van der Waals surface area contributed by atoms with Gasteiger partial charge < -0.3 is 15.4 Å². The van der Waals surface area contributed by atoms with Crippen LogP contribution in [0.2, 0.25) is 0 Å². The molecule has 1 fully saturated rings. The minimum absolute atomic E-state index is 0. The predicted octanol–water partition coefficient (Wildman–Crippen LogP) is 3.81. The Morgan fingerprint density at radius 2 is 2.19 bits per heavy atom. The van der Waals surface area contributed by atoms with E-state index in [4.69, 9.17) is 4.74 Å². The van der Waals surface area contributed by atoms with Crippen molar-refractivity contribution in [1.82, 2.24) is 10.6 Å². The Hall–Kier alpha value is -1.73. The number of nitrogens with one attached hydrogen (secondary N) is 2. The van der Waals surface area contributed by atoms with Crippen molar-refractivity contribution < 1.29 is 22.7 Å². The summed E-state index contributed by atoms with van der Waals surface area (Å²) in [6.07, 6.45) is -0.0539. The molecule has 1 atom stereocenters. The molecule has 0 saturated carbocycles. The molecule has 1 aromatic carbocycles. The quantitative estimate of drug-likeness (QED) is 0.694. The van der Waals surface area contributed by atoms with Crippen molar-refractivity contribution in [1.29, 1.82) is 0 Å². The summed E-state index contributed by atoms with van der Waals surface area (Å²) in [5.41, 5.74) is -0.987. The number of carbonyl (C=O) groups excluding carboxylic acids is 1. The molecule has 2 rings (SSSR count). The molecule has 1 aromatic rings. The van der Waals surface area contributed by atoms with Crippen LogP contribution in [0.3, 0.4) is 0 Å². The van der Waals surface area contributed by atoms with E-state index in [0.29, 0.717) is 12.5 Å². The first kappa shape index (κ1) is 22.3. The van der Waals surface area contributed by atoms with Gasteiger partial charge in [0.2, 0.25) is 0 Å². The largest absolute Gasteiger partial charge is 0.489 e. The second-order valence-electron chi connectivity index (χ2n) is 6.07. The molecular formula is C18H24ClF3N2O2. The zero-order chi connectivity index (χ0) is 18.3. The Kier molecular flexibility index (Phi) is 8.95. The summed E-state index contributed by atoms with van der Waals surface area (Å²) >= 11 is 0. The normalized spacial score (nSPS) is 17.1. The molecule has 1 aliphatic rings. The number of piperidine rings is 1. The lowest BCUT2D eigenvalue weighted by molar-refractivity contribution is -0.137. The number of hydrogen-bond acceptors (Lipinski definition) is 3. The van der Waals surface area contributed by atoms with Crippen LogP contribution in [-0.4, -0.2) is 32.1 Å². The fourth-order valence-electron chi connectivity index (χ4n) is 2.81. The number of amides is 1. The lowest BCUT2D eigenvalue weighted by atomic mass is 9.96. The summed E-state index contributed by atoms with van der Waals surface area (Å²) in [7, 11) is 0. The van der Waals surface area contributed by atoms with E-state index in [1.54, 1.807) is 0 Å². The number of carbonyl (C=O) groups is 1. The van der Waals surface area contributed by atoms with Crippen molar-refractivity contribution in [3.8, 4) is 5.75 Å². The lowest BCUT2D eigenvalue weighted by Gasteiger charge is -2.22. The maximum absolute atomic E-state index is 12.9. The molecular weight excluding hydrogens is 369 g/mol. The molecule has 2 N–H and O–H groups in total. The van der Waals surface area contributed by atoms with Crippen LogP contribution in [0.4, 0.5) is 13.2 Å². The Morgan fingerprint density at radius 1 is 1.42 bits per heavy atom. The van der Waals surface area contributed by atoms with Crippen molar-refractivity contribution in [2.75, 3.05) is 26.2 Å². The first-order valence-electron chi connectivity index (χ1n) is 8.35. The molecule has 0 aromatic heterocycles. The van der Waals surface area contributed by atoms with Crippen molar-refractivity contribution in [2.24, 2.45) is 5.92 Å². The number of alkyl halides is 3. The minimum atomic E-state index is -4.51. The Morgan fingerprint density at radius 3 is 2.81 bits per heavy atom. The van der Waals surface area contributed by atoms with Gasteiger partial charge in [-0.25, -0.2) is 0 Å². The van der Waals surface area contributed by atoms with Crippen molar-refractivity contribution in [2.45, 2.75) is 25.4 Å². The Balaban J connectivity index is 0.00000338. The Bertz CT molecular complexity index is 603. The SMILES string of the molecule is C=CCOc1ccc(C(F)(F)F)cc1C(=O)NCCC1CCCNC1.Cl. The fourth-order valence-corrected chi connectivity index (χ4v) is 2.81. The molecule has 8 heteroatoms. The molecule has 1 amide bonds. The molecule has 4 nitrogen and oxygen atoms in total. The van der Waals surface area contributed by atoms with E-state index in [1.807, 2.05) is 0 Å². The highest BCUT2D eigenvalue weighted by Crippen LogP contribution is 2.32. The molecule has 1 aliphatic heterocycles. The molecule has 0 bridgehead atoms. The molecule has 1 unspecified atom stereocenters. The van der Waals surface area contributed by atoms with Crippen LogP contribution in [0, 0.1) is 5.92 Å². The summed E-state index contributed by atoms with van der Waals surface area (Å²) in [6.45, 7) is 5.95. The second-order valence-corrected chi connectivity index (χ2v) is 6.07. The lowest BCUT2D eigenvalue weighted by Crippen LogP contribution is -2.33. The van der Waals surface area contributed by atoms with Gasteiger partial charge in [0.1, 0.15) is 12.4 Å². The van der Waals surface area contributed by atoms with Gasteiger partial charge >= 0.3 is 6.18 Å². The van der Waals surface area contributed by atoms with E-state index in [9.17, 15) is 18.0 Å². The summed E-state index contributed by atoms with van der Waals surface area (Å²) < 4.78 is 44.1. The molecule has 26 heavy (non-hydrogen) atoms. The third-order valence-corrected chi connectivity index (χ3v) is 4.15. The number of rotatable bonds is 7. The van der Waals surface area contributed by atoms with Gasteiger partial charge in [-0.05, 0) is 56.5 Å². The zero-order valence-corrected chi connectivity index (χ0v) is 15.2. The van der Waals surface area contributed by atoms with E-state index in [2.05, 4.69) is 17.2 Å². The van der Waals surface area contributed by atoms with E-state index < -0.39 is 17.6 Å². The van der Waals surface area contributed by atoms with Crippen LogP contribution in [0.5, 0.6) is 5.75 Å². The number of halogens is 4. The van der Waals surface area contributed by atoms with E-state index in [1.165, 1.54) is 12.1 Å². The van der Waals surface area contributed by atoms with Gasteiger partial charge in [0.25, 0.3) is 5.91 Å². The highest BCUT2D eigenvalue weighted by molar-refractivity contribution is 5.97. The molecule has 0 aliphatic carbocycles. The van der Waals surface area contributed by atoms with Crippen LogP contribution in [0.25, 0.3) is 0 Å². The van der Waals surface area contributed by atoms with Crippen LogP contribution in [0.15, 0.2) is 30.9 Å². The number of benzene rings is 1. The van der Waals surface area contributed by atoms with Gasteiger partial charge in [0.15, 0.2) is 0 Å². The van der Waals surface area contributed by atoms with Crippen molar-refractivity contribution >= 4 is 18.3 Å². The summed E-state index contributed by atoms with van der Waals surface area (Å²) in [4.78, 5) is 12.3. The molecule has 1 saturated heterocycles. The predicted molar refractivity (Wildman–Crippen MR) is 96.9 cm³/mol. The van der Waals surface area contributed by atoms with Gasteiger partial charge in [0, 0.05) is 6.54 Å². The first-order valence-corrected chi connectivity index (χ1v) is 8.35. The first-order chi connectivity index (χ1) is 11.9. The standard InChI is InChI=1S/C18H23F3N2O2.ClH/c1-2-10-25-16-6-5-14(18(19,20)21)11-15(16)17(24)23-9-7-13-4-3-8-22-12-13;/h2,5-6,11,13,22H,1,3-4,7-10,12H2,(H,23,24);1H. The highest BCUT2D eigenvalue weighted by atomic mass is 35.5. The maximum atomic E-state index is 12.9. The molecule has 146 valence electrons. The van der Waals surface area contributed by atoms with Gasteiger partial charge in [-0.2, -0.15) is 13.2 Å². The van der Waals surface area contributed by atoms with Gasteiger partial charge in [-0.1, -0.05) is 12.7 Å². The van der Waals surface area contributed by atoms with E-state index in [0.717, 1.165) is 44.5 Å². The average Bonchev–Trinajstić information content (AvgIpc) is 2.59. The minimum Gasteiger partial charge on any atom is -0.489 e. The van der Waals surface area contributed by atoms with Gasteiger partial charge in [0.05, 0.1) is 11.1 Å². The molecule has 0 spiro atoms. The second kappa shape index (κ2) is 10.4. The number of ether oxygens (including phenoxy) is 1. The smallest absolute Gasteiger partial charge is 0.416 e. The summed E-state index contributed by atoms with van der Waals surface area (Å²) in [5, 5.41) is 6.00. The van der Waals surface area contributed by atoms with Crippen LogP contribution >= 0.6 is 12.4 Å². The van der Waals surface area contributed by atoms with Crippen LogP contribution in [-0.2, 0) is 6.18 Å². The van der Waals surface area contributed by atoms with Gasteiger partial charge in [-0.3, -0.25) is 4.79 Å². The van der Waals surface area contributed by atoms with Crippen LogP contribution in [0.1, 0.15) is 35.2 Å². The van der Waals surface area contributed by atoms with Crippen molar-refractivity contribution in [3.05, 3.63) is 42.0 Å². The topological polar surface area (TPSA) is 50.4 Å². The maximum Gasteiger partial charge on any atom is 0.416 e. The molecule has 1 heterocycles. The van der Waals surface area contributed by atoms with Gasteiger partial charge in [-0.15, -0.1) is 12.4 Å². The van der Waals surface area contributed by atoms with Crippen LogP contribution < -0.4 is 15.4 Å². The van der Waals surface area contributed by atoms with Crippen molar-refractivity contribution in [3.63, 3.8) is 0 Å². The third kappa shape index (κ3) is 6.53. The average molecular weight is 393 g/mol. The zero-order valence-electron chi connectivity index (χ0n) is 14.4. The Labute approximate surface area is 157 Å².